The van der Waals surface area contributed by atoms with Crippen LogP contribution in [-0.2, 0) is 55.8 Å². The van der Waals surface area contributed by atoms with Crippen molar-refractivity contribution in [3.8, 4) is 0 Å². The highest BCUT2D eigenvalue weighted by Gasteiger charge is 2.34. The number of pyridine rings is 1. The molecule has 0 saturated heterocycles. The third-order valence-corrected chi connectivity index (χ3v) is 14.3. The molecule has 8 N–H and O–H groups in total. The van der Waals surface area contributed by atoms with Crippen LogP contribution >= 0.6 is 23.5 Å². The van der Waals surface area contributed by atoms with Gasteiger partial charge in [-0.25, -0.2) is 4.79 Å². The van der Waals surface area contributed by atoms with Gasteiger partial charge in [0.05, 0.1) is 43.2 Å². The first-order valence-electron chi connectivity index (χ1n) is 21.8. The van der Waals surface area contributed by atoms with Crippen LogP contribution in [0.3, 0.4) is 0 Å². The molecule has 3 aromatic rings. The number of carboxylic acids is 2. The number of carboxylic acid groups (broad SMARTS) is 2. The van der Waals surface area contributed by atoms with Gasteiger partial charge in [-0.05, 0) is 68.7 Å². The Balaban J connectivity index is 1.11. The summed E-state index contributed by atoms with van der Waals surface area (Å²) in [5, 5.41) is 25.4. The van der Waals surface area contributed by atoms with Crippen molar-refractivity contribution < 1.29 is 58.0 Å². The zero-order valence-electron chi connectivity index (χ0n) is 36.9. The Hall–Kier alpha value is -5.18. The number of thioether (sulfide) groups is 2. The highest BCUT2D eigenvalue weighted by molar-refractivity contribution is 8.04. The number of aromatic nitrogens is 2. The van der Waals surface area contributed by atoms with Gasteiger partial charge in [0.25, 0.3) is 11.5 Å². The summed E-state index contributed by atoms with van der Waals surface area (Å²) in [6.45, 7) is 4.02. The molecular formula is C45H61N5O13S2. The molecule has 1 fully saturated rings. The second kappa shape index (κ2) is 27.3. The maximum absolute atomic E-state index is 13.1. The van der Waals surface area contributed by atoms with E-state index in [1.165, 1.54) is 6.92 Å². The number of H-pyrrole nitrogens is 2. The molecule has 1 aromatic carbocycles. The Kier molecular flexibility index (Phi) is 22.1. The number of carbonyl (C=O) groups is 7. The number of fused-ring (bicyclic) bond motifs is 1. The Labute approximate surface area is 385 Å². The number of rotatable bonds is 32. The van der Waals surface area contributed by atoms with Crippen LogP contribution in [0.2, 0.25) is 0 Å². The van der Waals surface area contributed by atoms with Crippen LogP contribution in [0.4, 0.5) is 5.82 Å². The van der Waals surface area contributed by atoms with Gasteiger partial charge in [0, 0.05) is 78.0 Å². The van der Waals surface area contributed by atoms with Crippen LogP contribution in [-0.4, -0.2) is 129 Å². The summed E-state index contributed by atoms with van der Waals surface area (Å²) < 4.78 is 16.1. The first-order valence-corrected chi connectivity index (χ1v) is 23.9. The number of amides is 2. The van der Waals surface area contributed by atoms with E-state index in [-0.39, 0.29) is 123 Å². The van der Waals surface area contributed by atoms with Gasteiger partial charge in [0.1, 0.15) is 30.0 Å². The number of aryl methyl sites for hydroxylation is 2. The number of nitrogens with one attached hydrogen (secondary N) is 4. The van der Waals surface area contributed by atoms with E-state index in [1.807, 2.05) is 6.92 Å². The van der Waals surface area contributed by atoms with Crippen molar-refractivity contribution in [1.29, 1.82) is 0 Å². The molecule has 1 aliphatic rings. The summed E-state index contributed by atoms with van der Waals surface area (Å²) in [6.07, 6.45) is 5.18. The van der Waals surface area contributed by atoms with Crippen molar-refractivity contribution in [3.05, 3.63) is 63.6 Å². The highest BCUT2D eigenvalue weighted by Crippen LogP contribution is 2.42. The van der Waals surface area contributed by atoms with Crippen LogP contribution in [0, 0.1) is 11.8 Å². The Bertz CT molecular complexity index is 2140. The average Bonchev–Trinajstić information content (AvgIpc) is 3.67. The third kappa shape index (κ3) is 18.0. The molecule has 1 aliphatic carbocycles. The number of ether oxygens (including phenoxy) is 3. The van der Waals surface area contributed by atoms with Gasteiger partial charge in [-0.3, -0.25) is 33.6 Å². The van der Waals surface area contributed by atoms with Crippen LogP contribution in [0.15, 0.2) is 41.3 Å². The number of Topliss-reactive ketones (excluding diaryl/α,β-unsaturated/α-hetero) is 2. The predicted molar refractivity (Wildman–Crippen MR) is 247 cm³/mol. The van der Waals surface area contributed by atoms with E-state index >= 15 is 0 Å². The maximum atomic E-state index is 13.1. The number of esters is 1. The smallest absolute Gasteiger partial charge is 0.328 e. The zero-order valence-corrected chi connectivity index (χ0v) is 38.5. The Morgan fingerprint density at radius 1 is 0.877 bits per heavy atom. The topological polar surface area (TPSA) is 286 Å². The van der Waals surface area contributed by atoms with Crippen molar-refractivity contribution >= 4 is 81.5 Å². The number of aliphatic carboxylic acids is 2. The largest absolute Gasteiger partial charge is 0.481 e. The number of ketones is 2. The zero-order chi connectivity index (χ0) is 47.3. The van der Waals surface area contributed by atoms with Crippen molar-refractivity contribution in [2.75, 3.05) is 56.8 Å². The second-order valence-corrected chi connectivity index (χ2v) is 18.4. The van der Waals surface area contributed by atoms with Crippen molar-refractivity contribution in [1.82, 2.24) is 20.6 Å². The fraction of sp³-hybridized carbons (Fsp3) is 0.556. The minimum Gasteiger partial charge on any atom is -0.481 e. The summed E-state index contributed by atoms with van der Waals surface area (Å²) in [5.41, 5.74) is 8.09. The molecule has 0 spiro atoms. The predicted octanol–water partition coefficient (Wildman–Crippen LogP) is 3.93. The van der Waals surface area contributed by atoms with Gasteiger partial charge in [0.2, 0.25) is 5.91 Å². The molecule has 356 valence electrons. The fourth-order valence-electron chi connectivity index (χ4n) is 6.88. The number of benzene rings is 1. The summed E-state index contributed by atoms with van der Waals surface area (Å²) in [5.74, 6) is -3.69. The molecule has 0 radical (unpaired) electrons. The number of anilines is 1. The molecule has 2 aromatic heterocycles. The maximum Gasteiger partial charge on any atom is 0.328 e. The first kappa shape index (κ1) is 52.4. The molecule has 20 heteroatoms. The number of aromatic amines is 2. The van der Waals surface area contributed by atoms with Gasteiger partial charge in [-0.15, -0.1) is 0 Å². The van der Waals surface area contributed by atoms with Gasteiger partial charge < -0.3 is 50.8 Å². The molecule has 65 heavy (non-hydrogen) atoms. The first-order chi connectivity index (χ1) is 31.1. The normalized spacial score (nSPS) is 15.9. The average molecular weight is 944 g/mol. The Morgan fingerprint density at radius 2 is 1.55 bits per heavy atom. The molecule has 0 aliphatic heterocycles. The highest BCUT2D eigenvalue weighted by atomic mass is 32.2. The summed E-state index contributed by atoms with van der Waals surface area (Å²) in [7, 11) is 0. The van der Waals surface area contributed by atoms with Crippen molar-refractivity contribution in [2.24, 2.45) is 11.8 Å². The molecular weight excluding hydrogens is 883 g/mol. The number of hydrogen-bond donors (Lipinski definition) is 7. The molecule has 18 nitrogen and oxygen atoms in total. The summed E-state index contributed by atoms with van der Waals surface area (Å²) in [4.78, 5) is 104. The molecule has 5 atom stereocenters. The third-order valence-electron chi connectivity index (χ3n) is 10.9. The number of nitrogens with two attached hydrogens (primary N) is 1. The van der Waals surface area contributed by atoms with Crippen LogP contribution in [0.5, 0.6) is 0 Å². The molecule has 4 rings (SSSR count). The van der Waals surface area contributed by atoms with E-state index < -0.39 is 35.8 Å². The molecule has 1 saturated carbocycles. The SMILES string of the molecule is CCC(CSC1CCC1SCC(CC(=O)CCOCCC(C)=O)C(=O)O)C(=O)NCCOCCOC(=O)[C@@H](CCC(=O)O)NC(=O)c1ccc(CCc2c[nH]c3cc(N)[nH]c(=O)c23)cc1. The van der Waals surface area contributed by atoms with E-state index in [4.69, 9.17) is 19.9 Å². The molecule has 0 bridgehead atoms. The van der Waals surface area contributed by atoms with Gasteiger partial charge >= 0.3 is 17.9 Å². The van der Waals surface area contributed by atoms with E-state index in [9.17, 15) is 48.6 Å². The minimum atomic E-state index is -1.22. The van der Waals surface area contributed by atoms with Gasteiger partial charge in [-0.1, -0.05) is 19.1 Å². The van der Waals surface area contributed by atoms with Crippen LogP contribution < -0.4 is 21.9 Å². The lowest BCUT2D eigenvalue weighted by Crippen LogP contribution is -2.42. The number of hydrogen-bond acceptors (Lipinski definition) is 14. The fourth-order valence-corrected chi connectivity index (χ4v) is 10.3. The lowest BCUT2D eigenvalue weighted by atomic mass is 9.99. The van der Waals surface area contributed by atoms with E-state index in [0.717, 1.165) is 24.0 Å². The summed E-state index contributed by atoms with van der Waals surface area (Å²) >= 11 is 3.26. The molecule has 4 unspecified atom stereocenters. The van der Waals surface area contributed by atoms with Crippen LogP contribution in [0.25, 0.3) is 10.9 Å². The van der Waals surface area contributed by atoms with Crippen molar-refractivity contribution in [2.45, 2.75) is 94.6 Å². The number of carbonyl (C=O) groups excluding carboxylic acids is 5. The Morgan fingerprint density at radius 3 is 2.20 bits per heavy atom. The quantitative estimate of drug-likeness (QED) is 0.0345. The number of nitrogen functional groups attached to an aromatic ring is 1. The standard InChI is InChI=1S/C45H61N5O13S2/c1-3-29(25-64-36-11-12-37(36)65-26-32(44(58)59)22-33(52)15-18-61-17-14-27(2)51)41(55)47-16-19-62-20-21-63-45(60)34(10-13-39(53)54)49-42(56)30-7-4-28(5-8-30)6-9-31-24-48-35-23-38(46)50-43(57)40(31)35/h4-5,7-8,23-24,29,32,34,36-37,48H,3,6,9-22,25-26H2,1-2H3,(H,47,55)(H,49,56)(H,53,54)(H,58,59)(H3,46,50,57)/t29?,32?,34-,36?,37?/m1/s1. The van der Waals surface area contributed by atoms with E-state index in [1.54, 1.807) is 60.1 Å². The second-order valence-electron chi connectivity index (χ2n) is 15.9. The van der Waals surface area contributed by atoms with Gasteiger partial charge in [0.15, 0.2) is 0 Å². The van der Waals surface area contributed by atoms with Crippen LogP contribution in [0.1, 0.15) is 86.7 Å². The molecule has 2 amide bonds. The minimum absolute atomic E-state index is 0.000431. The van der Waals surface area contributed by atoms with Gasteiger partial charge in [-0.2, -0.15) is 23.5 Å². The van der Waals surface area contributed by atoms with E-state index in [0.29, 0.717) is 41.7 Å². The molecule has 2 heterocycles. The monoisotopic (exact) mass is 943 g/mol. The lowest BCUT2D eigenvalue weighted by molar-refractivity contribution is -0.148. The lowest BCUT2D eigenvalue weighted by Gasteiger charge is -2.36. The van der Waals surface area contributed by atoms with E-state index in [2.05, 4.69) is 20.6 Å². The van der Waals surface area contributed by atoms with Crippen molar-refractivity contribution in [3.63, 3.8) is 0 Å². The summed E-state index contributed by atoms with van der Waals surface area (Å²) in [6, 6.07) is 7.16.